The van der Waals surface area contributed by atoms with E-state index in [9.17, 15) is 59.8 Å². The molecule has 0 atom stereocenters. The molecule has 0 fully saturated rings. The van der Waals surface area contributed by atoms with Gasteiger partial charge in [0.1, 0.15) is 11.6 Å². The summed E-state index contributed by atoms with van der Waals surface area (Å²) in [6.07, 6.45) is -9.96. The van der Waals surface area contributed by atoms with Crippen LogP contribution in [0.1, 0.15) is 29.2 Å². The lowest BCUT2D eigenvalue weighted by Crippen LogP contribution is -2.23. The van der Waals surface area contributed by atoms with E-state index in [0.29, 0.717) is 24.3 Å². The Bertz CT molecular complexity index is 1620. The van der Waals surface area contributed by atoms with Crippen LogP contribution in [0.4, 0.5) is 26.3 Å². The first-order chi connectivity index (χ1) is 17.4. The molecule has 0 amide bonds. The Hall–Kier alpha value is -4.38. The van der Waals surface area contributed by atoms with Gasteiger partial charge in [0.25, 0.3) is 0 Å². The number of halogens is 6. The Kier molecular flexibility index (Phi) is 7.04. The highest BCUT2D eigenvalue weighted by Crippen LogP contribution is 2.48. The van der Waals surface area contributed by atoms with E-state index >= 15 is 0 Å². The van der Waals surface area contributed by atoms with Crippen molar-refractivity contribution in [2.24, 2.45) is 0 Å². The van der Waals surface area contributed by atoms with E-state index in [-0.39, 0.29) is 0 Å². The molecule has 2 N–H and O–H groups in total. The van der Waals surface area contributed by atoms with Crippen LogP contribution in [0, 0.1) is 11.3 Å². The van der Waals surface area contributed by atoms with E-state index in [2.05, 4.69) is 0 Å². The molecule has 1 aliphatic heterocycles. The number of sulfone groups is 1. The standard InChI is InChI=1S/C24H13F6NO6S/c1-11-17(16(10-31)21(32)33)18(22(34)35)20(13-5-3-7-15(9-13)24(28,29)30)38(36,37)19(11)12-4-2-6-14(8-12)23(25,26)27/h2-9H,1H3,(H,32,33)(H,34,35). The highest BCUT2D eigenvalue weighted by atomic mass is 32.2. The van der Waals surface area contributed by atoms with Gasteiger partial charge in [-0.3, -0.25) is 0 Å². The molecule has 0 spiro atoms. The Morgan fingerprint density at radius 3 is 1.66 bits per heavy atom. The van der Waals surface area contributed by atoms with E-state index in [0.717, 1.165) is 31.2 Å². The molecule has 0 unspecified atom stereocenters. The summed E-state index contributed by atoms with van der Waals surface area (Å²) >= 11 is 0. The first-order valence-electron chi connectivity index (χ1n) is 10.1. The Balaban J connectivity index is 2.60. The molecule has 7 nitrogen and oxygen atoms in total. The number of nitriles is 1. The van der Waals surface area contributed by atoms with Gasteiger partial charge in [0, 0.05) is 5.57 Å². The highest BCUT2D eigenvalue weighted by molar-refractivity contribution is 8.09. The number of allylic oxidation sites excluding steroid dienone is 1. The maximum atomic E-state index is 13.8. The zero-order chi connectivity index (χ0) is 28.8. The third-order valence-electron chi connectivity index (χ3n) is 5.42. The fraction of sp³-hybridized carbons (Fsp3) is 0.125. The lowest BCUT2D eigenvalue weighted by Gasteiger charge is -2.26. The summed E-state index contributed by atoms with van der Waals surface area (Å²) in [5, 5.41) is 28.9. The van der Waals surface area contributed by atoms with Crippen molar-refractivity contribution in [3.05, 3.63) is 93.1 Å². The number of carboxylic acids is 2. The van der Waals surface area contributed by atoms with Crippen molar-refractivity contribution in [2.75, 3.05) is 0 Å². The van der Waals surface area contributed by atoms with E-state index < -0.39 is 88.5 Å². The summed E-state index contributed by atoms with van der Waals surface area (Å²) in [7, 11) is -5.23. The average molecular weight is 557 g/mol. The fourth-order valence-corrected chi connectivity index (χ4v) is 5.97. The van der Waals surface area contributed by atoms with Crippen molar-refractivity contribution in [3.8, 4) is 6.07 Å². The number of aliphatic carboxylic acids is 2. The summed E-state index contributed by atoms with van der Waals surface area (Å²) in [5.74, 6) is -4.11. The fourth-order valence-electron chi connectivity index (χ4n) is 3.92. The van der Waals surface area contributed by atoms with Gasteiger partial charge in [-0.05, 0) is 47.9 Å². The lowest BCUT2D eigenvalue weighted by atomic mass is 9.90. The van der Waals surface area contributed by atoms with Gasteiger partial charge in [-0.15, -0.1) is 0 Å². The second-order valence-corrected chi connectivity index (χ2v) is 9.61. The average Bonchev–Trinajstić information content (AvgIpc) is 2.79. The monoisotopic (exact) mass is 557 g/mol. The summed E-state index contributed by atoms with van der Waals surface area (Å²) in [6, 6.07) is 6.40. The van der Waals surface area contributed by atoms with Crippen LogP contribution in [-0.4, -0.2) is 30.6 Å². The van der Waals surface area contributed by atoms with Crippen molar-refractivity contribution in [2.45, 2.75) is 19.3 Å². The summed E-state index contributed by atoms with van der Waals surface area (Å²) in [4.78, 5) is 21.7. The highest BCUT2D eigenvalue weighted by Gasteiger charge is 2.43. The molecule has 38 heavy (non-hydrogen) atoms. The van der Waals surface area contributed by atoms with Crippen molar-refractivity contribution < 1.29 is 54.6 Å². The van der Waals surface area contributed by atoms with Gasteiger partial charge in [-0.2, -0.15) is 31.6 Å². The van der Waals surface area contributed by atoms with Gasteiger partial charge in [0.2, 0.25) is 9.84 Å². The molecule has 0 aliphatic carbocycles. The molecule has 0 saturated heterocycles. The number of alkyl halides is 6. The summed E-state index contributed by atoms with van der Waals surface area (Å²) in [6.45, 7) is 0.884. The van der Waals surface area contributed by atoms with Crippen LogP contribution in [0.2, 0.25) is 0 Å². The van der Waals surface area contributed by atoms with Crippen molar-refractivity contribution in [1.82, 2.24) is 0 Å². The van der Waals surface area contributed by atoms with E-state index in [4.69, 9.17) is 0 Å². The molecule has 198 valence electrons. The molecule has 2 aromatic carbocycles. The smallest absolute Gasteiger partial charge is 0.416 e. The Morgan fingerprint density at radius 1 is 0.842 bits per heavy atom. The summed E-state index contributed by atoms with van der Waals surface area (Å²) < 4.78 is 108. The Morgan fingerprint density at radius 2 is 1.29 bits per heavy atom. The second kappa shape index (κ2) is 9.49. The van der Waals surface area contributed by atoms with Crippen LogP contribution in [0.3, 0.4) is 0 Å². The second-order valence-electron chi connectivity index (χ2n) is 7.79. The van der Waals surface area contributed by atoms with Crippen LogP contribution >= 0.6 is 0 Å². The minimum atomic E-state index is -5.23. The predicted molar refractivity (Wildman–Crippen MR) is 119 cm³/mol. The van der Waals surface area contributed by atoms with E-state index in [1.807, 2.05) is 0 Å². The number of rotatable bonds is 4. The number of hydrogen-bond donors (Lipinski definition) is 2. The molecule has 0 bridgehead atoms. The quantitative estimate of drug-likeness (QED) is 0.297. The predicted octanol–water partition coefficient (Wildman–Crippen LogP) is 5.28. The normalized spacial score (nSPS) is 17.2. The van der Waals surface area contributed by atoms with Gasteiger partial charge >= 0.3 is 24.3 Å². The Labute approximate surface area is 210 Å². The van der Waals surface area contributed by atoms with Gasteiger partial charge < -0.3 is 10.2 Å². The SMILES string of the molecule is CC1=C(c2cccc(C(F)(F)F)c2)S(=O)(=O)C(c2cccc(C(F)(F)F)c2)=C(C(=O)O)C1=C(C#N)C(=O)O. The van der Waals surface area contributed by atoms with Crippen LogP contribution in [0.25, 0.3) is 9.81 Å². The topological polar surface area (TPSA) is 133 Å². The van der Waals surface area contributed by atoms with E-state index in [1.54, 1.807) is 0 Å². The van der Waals surface area contributed by atoms with Crippen LogP contribution in [-0.2, 0) is 31.8 Å². The molecular weight excluding hydrogens is 544 g/mol. The first-order valence-corrected chi connectivity index (χ1v) is 11.6. The van der Waals surface area contributed by atoms with Crippen LogP contribution in [0.15, 0.2) is 70.8 Å². The maximum Gasteiger partial charge on any atom is 0.416 e. The molecule has 1 heterocycles. The van der Waals surface area contributed by atoms with Crippen molar-refractivity contribution in [3.63, 3.8) is 0 Å². The molecule has 0 radical (unpaired) electrons. The minimum absolute atomic E-state index is 0.296. The third-order valence-corrected chi connectivity index (χ3v) is 7.48. The number of benzene rings is 2. The zero-order valence-electron chi connectivity index (χ0n) is 18.8. The van der Waals surface area contributed by atoms with Crippen LogP contribution < -0.4 is 0 Å². The largest absolute Gasteiger partial charge is 0.478 e. The lowest BCUT2D eigenvalue weighted by molar-refractivity contribution is -0.138. The molecule has 0 saturated carbocycles. The third kappa shape index (κ3) is 4.92. The zero-order valence-corrected chi connectivity index (χ0v) is 19.6. The van der Waals surface area contributed by atoms with Gasteiger partial charge in [0.05, 0.1) is 26.5 Å². The molecular formula is C24H13F6NO6S. The molecule has 0 aromatic heterocycles. The van der Waals surface area contributed by atoms with Crippen molar-refractivity contribution >= 4 is 31.6 Å². The maximum absolute atomic E-state index is 13.8. The molecule has 1 aliphatic rings. The molecule has 3 rings (SSSR count). The van der Waals surface area contributed by atoms with Crippen LogP contribution in [0.5, 0.6) is 0 Å². The first kappa shape index (κ1) is 28.2. The minimum Gasteiger partial charge on any atom is -0.478 e. The number of carbonyl (C=O) groups is 2. The van der Waals surface area contributed by atoms with Crippen molar-refractivity contribution in [1.29, 1.82) is 5.26 Å². The summed E-state index contributed by atoms with van der Waals surface area (Å²) in [5.41, 5.74) is -8.50. The van der Waals surface area contributed by atoms with Gasteiger partial charge in [0.15, 0.2) is 0 Å². The van der Waals surface area contributed by atoms with Gasteiger partial charge in [-0.25, -0.2) is 18.0 Å². The number of hydrogen-bond acceptors (Lipinski definition) is 5. The number of nitrogens with zero attached hydrogens (tertiary/aromatic N) is 1. The van der Waals surface area contributed by atoms with Gasteiger partial charge in [-0.1, -0.05) is 24.3 Å². The van der Waals surface area contributed by atoms with E-state index in [1.165, 1.54) is 6.07 Å². The molecule has 2 aromatic rings. The number of carboxylic acid groups (broad SMARTS) is 2. The molecule has 14 heteroatoms.